The van der Waals surface area contributed by atoms with E-state index in [9.17, 15) is 9.59 Å². The third kappa shape index (κ3) is 6.52. The Hall–Kier alpha value is -3.46. The molecule has 0 aliphatic carbocycles. The van der Waals surface area contributed by atoms with Crippen LogP contribution in [0, 0.1) is 0 Å². The average molecular weight is 471 g/mol. The number of halogens is 1. The molecule has 10 heteroatoms. The molecule has 174 valence electrons. The van der Waals surface area contributed by atoms with Gasteiger partial charge in [-0.25, -0.2) is 0 Å². The molecule has 9 nitrogen and oxygen atoms in total. The van der Waals surface area contributed by atoms with E-state index in [1.54, 1.807) is 37.1 Å². The highest BCUT2D eigenvalue weighted by Gasteiger charge is 2.24. The largest absolute Gasteiger partial charge is 0.489 e. The number of aliphatic imine (C=N–C) groups is 1. The van der Waals surface area contributed by atoms with Gasteiger partial charge in [0.1, 0.15) is 23.3 Å². The van der Waals surface area contributed by atoms with E-state index in [0.29, 0.717) is 54.5 Å². The van der Waals surface area contributed by atoms with E-state index >= 15 is 0 Å². The quantitative estimate of drug-likeness (QED) is 0.365. The summed E-state index contributed by atoms with van der Waals surface area (Å²) in [7, 11) is 1.61. The predicted octanol–water partition coefficient (Wildman–Crippen LogP) is 2.42. The number of amides is 2. The number of hydrazone groups is 1. The van der Waals surface area contributed by atoms with Gasteiger partial charge in [0.25, 0.3) is 5.91 Å². The van der Waals surface area contributed by atoms with Gasteiger partial charge in [0.2, 0.25) is 5.91 Å². The summed E-state index contributed by atoms with van der Waals surface area (Å²) in [6, 6.07) is 8.80. The Balaban J connectivity index is 1.79. The maximum Gasteiger partial charge on any atom is 0.270 e. The van der Waals surface area contributed by atoms with E-state index < -0.39 is 0 Å². The summed E-state index contributed by atoms with van der Waals surface area (Å²) in [5.74, 6) is 5.69. The maximum absolute atomic E-state index is 12.7. The van der Waals surface area contributed by atoms with Crippen molar-refractivity contribution in [2.75, 3.05) is 20.1 Å². The van der Waals surface area contributed by atoms with Crippen LogP contribution in [-0.4, -0.2) is 59.9 Å². The van der Waals surface area contributed by atoms with Crippen LogP contribution in [0.1, 0.15) is 41.4 Å². The lowest BCUT2D eigenvalue weighted by molar-refractivity contribution is -0.130. The molecule has 1 aliphatic heterocycles. The lowest BCUT2D eigenvalue weighted by atomic mass is 10.1. The molecule has 2 aromatic rings. The number of carbonyl (C=O) groups excluding carboxylic acids is 2. The van der Waals surface area contributed by atoms with Crippen molar-refractivity contribution >= 4 is 35.3 Å². The Morgan fingerprint density at radius 3 is 2.61 bits per heavy atom. The first-order chi connectivity index (χ1) is 15.9. The second kappa shape index (κ2) is 11.4. The first kappa shape index (κ1) is 24.2. The number of aromatic nitrogens is 1. The zero-order chi connectivity index (χ0) is 23.8. The Kier molecular flexibility index (Phi) is 8.37. The van der Waals surface area contributed by atoms with Gasteiger partial charge in [0.05, 0.1) is 5.56 Å². The van der Waals surface area contributed by atoms with E-state index in [1.807, 2.05) is 12.1 Å². The number of hydrogen-bond acceptors (Lipinski definition) is 7. The van der Waals surface area contributed by atoms with E-state index in [2.05, 4.69) is 20.4 Å². The summed E-state index contributed by atoms with van der Waals surface area (Å²) in [5.41, 5.74) is 2.03. The average Bonchev–Trinajstić information content (AvgIpc) is 2.82. The van der Waals surface area contributed by atoms with E-state index in [-0.39, 0.29) is 23.6 Å². The number of pyridine rings is 1. The van der Waals surface area contributed by atoms with E-state index in [1.165, 1.54) is 12.4 Å². The summed E-state index contributed by atoms with van der Waals surface area (Å²) >= 11 is 5.91. The number of nitrogens with zero attached hydrogens (tertiary/aromatic N) is 4. The van der Waals surface area contributed by atoms with Crippen LogP contribution in [-0.2, 0) is 11.3 Å². The number of benzene rings is 1. The van der Waals surface area contributed by atoms with Crippen molar-refractivity contribution in [2.45, 2.75) is 32.4 Å². The van der Waals surface area contributed by atoms with Crippen LogP contribution in [0.25, 0.3) is 0 Å². The van der Waals surface area contributed by atoms with Crippen molar-refractivity contribution in [1.82, 2.24) is 15.2 Å². The first-order valence-electron chi connectivity index (χ1n) is 10.6. The fraction of sp³-hybridized carbons (Fsp3) is 0.348. The molecule has 0 bridgehead atoms. The number of likely N-dealkylation sites (tertiary alicyclic amines) is 1. The van der Waals surface area contributed by atoms with Gasteiger partial charge >= 0.3 is 0 Å². The number of piperidine rings is 1. The number of rotatable bonds is 7. The van der Waals surface area contributed by atoms with Crippen LogP contribution in [0.4, 0.5) is 0 Å². The van der Waals surface area contributed by atoms with Crippen molar-refractivity contribution in [3.05, 3.63) is 58.4 Å². The van der Waals surface area contributed by atoms with Crippen molar-refractivity contribution in [1.29, 1.82) is 0 Å². The molecule has 0 saturated carbocycles. The van der Waals surface area contributed by atoms with Gasteiger partial charge < -0.3 is 20.8 Å². The zero-order valence-electron chi connectivity index (χ0n) is 18.6. The van der Waals surface area contributed by atoms with Crippen LogP contribution in [0.3, 0.4) is 0 Å². The summed E-state index contributed by atoms with van der Waals surface area (Å²) in [4.78, 5) is 34.4. The molecule has 0 spiro atoms. The van der Waals surface area contributed by atoms with Crippen molar-refractivity contribution < 1.29 is 14.3 Å². The van der Waals surface area contributed by atoms with Crippen LogP contribution < -0.4 is 15.9 Å². The van der Waals surface area contributed by atoms with Crippen molar-refractivity contribution in [2.24, 2.45) is 15.9 Å². The second-order valence-electron chi connectivity index (χ2n) is 7.60. The molecule has 2 amide bonds. The lowest BCUT2D eigenvalue weighted by Crippen LogP contribution is -2.40. The van der Waals surface area contributed by atoms with Crippen LogP contribution >= 0.6 is 11.6 Å². The van der Waals surface area contributed by atoms with Crippen molar-refractivity contribution in [3.63, 3.8) is 0 Å². The van der Waals surface area contributed by atoms with Crippen LogP contribution in [0.15, 0.2) is 46.6 Å². The Morgan fingerprint density at radius 2 is 2.00 bits per heavy atom. The molecule has 0 atom stereocenters. The molecule has 1 aliphatic rings. The third-order valence-electron chi connectivity index (χ3n) is 5.31. The summed E-state index contributed by atoms with van der Waals surface area (Å²) < 4.78 is 6.24. The van der Waals surface area contributed by atoms with Gasteiger partial charge in [-0.05, 0) is 17.7 Å². The van der Waals surface area contributed by atoms with Crippen LogP contribution in [0.2, 0.25) is 5.02 Å². The number of ether oxygens (including phenoxy) is 1. The molecule has 1 saturated heterocycles. The van der Waals surface area contributed by atoms with Gasteiger partial charge in [0.15, 0.2) is 0 Å². The normalized spacial score (nSPS) is 15.0. The Morgan fingerprint density at radius 1 is 1.30 bits per heavy atom. The van der Waals surface area contributed by atoms with E-state index in [4.69, 9.17) is 22.2 Å². The summed E-state index contributed by atoms with van der Waals surface area (Å²) in [6.07, 6.45) is 4.24. The smallest absolute Gasteiger partial charge is 0.270 e. The molecular formula is C23H27ClN6O3. The highest BCUT2D eigenvalue weighted by molar-refractivity contribution is 6.38. The highest BCUT2D eigenvalue weighted by atomic mass is 35.5. The van der Waals surface area contributed by atoms with Gasteiger partial charge in [0, 0.05) is 69.9 Å². The molecular weight excluding hydrogens is 444 g/mol. The second-order valence-corrected chi connectivity index (χ2v) is 8.04. The van der Waals surface area contributed by atoms with Crippen LogP contribution in [0.5, 0.6) is 5.75 Å². The molecule has 3 N–H and O–H groups in total. The predicted molar refractivity (Wildman–Crippen MR) is 128 cm³/mol. The van der Waals surface area contributed by atoms with Gasteiger partial charge in [-0.2, -0.15) is 5.10 Å². The molecule has 2 heterocycles. The van der Waals surface area contributed by atoms with Gasteiger partial charge in [-0.3, -0.25) is 19.6 Å². The standard InChI is InChI=1S/C23H27ClN6O3/c1-15(31)30-9-7-18(8-10-30)33-22-11-20(27-13-19(22)21(29-25)14-26-2)23(32)28-12-16-3-5-17(24)6-4-16/h3-6,11,13-14,18H,7-10,12,25H2,1-2H3,(H,28,32). The number of carbonyl (C=O) groups is 2. The molecule has 33 heavy (non-hydrogen) atoms. The Labute approximate surface area is 197 Å². The number of hydrogen-bond donors (Lipinski definition) is 2. The zero-order valence-corrected chi connectivity index (χ0v) is 19.4. The Bertz CT molecular complexity index is 1050. The molecule has 1 aromatic heterocycles. The van der Waals surface area contributed by atoms with Crippen molar-refractivity contribution in [3.8, 4) is 5.75 Å². The minimum absolute atomic E-state index is 0.0504. The monoisotopic (exact) mass is 470 g/mol. The molecule has 0 unspecified atom stereocenters. The van der Waals surface area contributed by atoms with Gasteiger partial charge in [-0.15, -0.1) is 0 Å². The summed E-state index contributed by atoms with van der Waals surface area (Å²) in [6.45, 7) is 3.12. The maximum atomic E-state index is 12.7. The minimum Gasteiger partial charge on any atom is -0.489 e. The number of nitrogens with two attached hydrogens (primary N) is 1. The SMILES string of the molecule is CN=CC(=NN)c1cnc(C(=O)NCc2ccc(Cl)cc2)cc1OC1CCN(C(C)=O)CC1. The highest BCUT2D eigenvalue weighted by Crippen LogP contribution is 2.24. The topological polar surface area (TPSA) is 122 Å². The lowest BCUT2D eigenvalue weighted by Gasteiger charge is -2.31. The first-order valence-corrected chi connectivity index (χ1v) is 10.9. The minimum atomic E-state index is -0.344. The third-order valence-corrected chi connectivity index (χ3v) is 5.56. The molecule has 3 rings (SSSR count). The molecule has 1 aromatic carbocycles. The molecule has 0 radical (unpaired) electrons. The number of nitrogens with one attached hydrogen (secondary N) is 1. The van der Waals surface area contributed by atoms with E-state index in [0.717, 1.165) is 5.56 Å². The fourth-order valence-electron chi connectivity index (χ4n) is 3.49. The molecule has 1 fully saturated rings. The fourth-order valence-corrected chi connectivity index (χ4v) is 3.61. The summed E-state index contributed by atoms with van der Waals surface area (Å²) in [5, 5.41) is 7.25. The van der Waals surface area contributed by atoms with Gasteiger partial charge in [-0.1, -0.05) is 23.7 Å².